The number of halogens is 1. The molecule has 0 spiro atoms. The normalized spacial score (nSPS) is 10.1. The first-order valence-corrected chi connectivity index (χ1v) is 6.65. The fraction of sp³-hybridized carbons (Fsp3) is 0.636. The Hall–Kier alpha value is -1.04. The van der Waals surface area contributed by atoms with E-state index >= 15 is 0 Å². The predicted molar refractivity (Wildman–Crippen MR) is 71.4 cm³/mol. The Labute approximate surface area is 110 Å². The summed E-state index contributed by atoms with van der Waals surface area (Å²) in [5.74, 6) is 1.67. The average Bonchev–Trinajstić information content (AvgIpc) is 2.37. The highest BCUT2D eigenvalue weighted by molar-refractivity contribution is 9.09. The van der Waals surface area contributed by atoms with Crippen LogP contribution in [0.15, 0.2) is 6.07 Å². The predicted octanol–water partition coefficient (Wildman–Crippen LogP) is 2.11. The van der Waals surface area contributed by atoms with Crippen LogP contribution in [0.5, 0.6) is 11.8 Å². The Morgan fingerprint density at radius 3 is 2.18 bits per heavy atom. The molecule has 5 nitrogen and oxygen atoms in total. The van der Waals surface area contributed by atoms with E-state index in [4.69, 9.17) is 9.47 Å². The van der Waals surface area contributed by atoms with Crippen LogP contribution in [0.2, 0.25) is 0 Å². The molecular weight excluding hydrogens is 286 g/mol. The molecule has 6 heteroatoms. The minimum atomic E-state index is 0.516. The van der Waals surface area contributed by atoms with Gasteiger partial charge >= 0.3 is 0 Å². The fourth-order valence-electron chi connectivity index (χ4n) is 1.43. The molecule has 0 fully saturated rings. The zero-order valence-corrected chi connectivity index (χ0v) is 12.0. The number of anilines is 1. The molecular formula is C11H18BrN3O2. The molecule has 0 aliphatic heterocycles. The Morgan fingerprint density at radius 1 is 1.18 bits per heavy atom. The van der Waals surface area contributed by atoms with Crippen molar-refractivity contribution in [2.75, 3.05) is 37.5 Å². The molecule has 1 aromatic heterocycles. The molecule has 0 unspecified atom stereocenters. The Morgan fingerprint density at radius 2 is 1.76 bits per heavy atom. The summed E-state index contributed by atoms with van der Waals surface area (Å²) in [5, 5.41) is 0.871. The van der Waals surface area contributed by atoms with Crippen LogP contribution in [-0.4, -0.2) is 42.6 Å². The largest absolute Gasteiger partial charge is 0.481 e. The third-order valence-corrected chi connectivity index (χ3v) is 2.57. The molecule has 17 heavy (non-hydrogen) atoms. The molecule has 0 aliphatic carbocycles. The van der Waals surface area contributed by atoms with Crippen LogP contribution in [-0.2, 0) is 0 Å². The van der Waals surface area contributed by atoms with Gasteiger partial charge in [-0.2, -0.15) is 9.97 Å². The lowest BCUT2D eigenvalue weighted by Crippen LogP contribution is -2.28. The average molecular weight is 304 g/mol. The van der Waals surface area contributed by atoms with Crippen molar-refractivity contribution in [1.82, 2.24) is 9.97 Å². The lowest BCUT2D eigenvalue weighted by molar-refractivity contribution is 0.371. The SMILES string of the molecule is CCCN(CCBr)c1nc(OC)cc(OC)n1. The summed E-state index contributed by atoms with van der Waals surface area (Å²) in [6.07, 6.45) is 1.04. The van der Waals surface area contributed by atoms with Gasteiger partial charge in [0.05, 0.1) is 20.3 Å². The maximum atomic E-state index is 5.13. The van der Waals surface area contributed by atoms with Gasteiger partial charge in [-0.05, 0) is 6.42 Å². The van der Waals surface area contributed by atoms with Crippen molar-refractivity contribution in [3.8, 4) is 11.8 Å². The highest BCUT2D eigenvalue weighted by Crippen LogP contribution is 2.20. The molecule has 0 radical (unpaired) electrons. The number of rotatable bonds is 7. The Kier molecular flexibility index (Phi) is 6.04. The highest BCUT2D eigenvalue weighted by atomic mass is 79.9. The summed E-state index contributed by atoms with van der Waals surface area (Å²) < 4.78 is 10.3. The van der Waals surface area contributed by atoms with Crippen LogP contribution in [0.3, 0.4) is 0 Å². The molecule has 0 N–H and O–H groups in total. The monoisotopic (exact) mass is 303 g/mol. The summed E-state index contributed by atoms with van der Waals surface area (Å²) in [6, 6.07) is 1.67. The molecule has 0 aromatic carbocycles. The summed E-state index contributed by atoms with van der Waals surface area (Å²) >= 11 is 3.43. The summed E-state index contributed by atoms with van der Waals surface area (Å²) in [7, 11) is 3.17. The second-order valence-corrected chi connectivity index (χ2v) is 4.22. The first kappa shape index (κ1) is 14.0. The quantitative estimate of drug-likeness (QED) is 0.722. The zero-order chi connectivity index (χ0) is 12.7. The number of aromatic nitrogens is 2. The summed E-state index contributed by atoms with van der Waals surface area (Å²) in [4.78, 5) is 10.8. The van der Waals surface area contributed by atoms with Gasteiger partial charge in [0.2, 0.25) is 17.7 Å². The third-order valence-electron chi connectivity index (χ3n) is 2.22. The summed E-state index contributed by atoms with van der Waals surface area (Å²) in [6.45, 7) is 3.88. The fourth-order valence-corrected chi connectivity index (χ4v) is 1.85. The van der Waals surface area contributed by atoms with Gasteiger partial charge in [0, 0.05) is 18.4 Å². The van der Waals surface area contributed by atoms with Gasteiger partial charge in [0.15, 0.2) is 0 Å². The topological polar surface area (TPSA) is 47.5 Å². The van der Waals surface area contributed by atoms with Gasteiger partial charge in [0.25, 0.3) is 0 Å². The lowest BCUT2D eigenvalue weighted by atomic mass is 10.4. The number of alkyl halides is 1. The van der Waals surface area contributed by atoms with Crippen LogP contribution >= 0.6 is 15.9 Å². The van der Waals surface area contributed by atoms with Crippen molar-refractivity contribution in [2.45, 2.75) is 13.3 Å². The molecule has 0 saturated carbocycles. The maximum absolute atomic E-state index is 5.13. The van der Waals surface area contributed by atoms with Crippen molar-refractivity contribution in [2.24, 2.45) is 0 Å². The van der Waals surface area contributed by atoms with E-state index in [1.54, 1.807) is 20.3 Å². The van der Waals surface area contributed by atoms with Crippen LogP contribution in [0.25, 0.3) is 0 Å². The summed E-state index contributed by atoms with van der Waals surface area (Å²) in [5.41, 5.74) is 0. The minimum absolute atomic E-state index is 0.516. The second-order valence-electron chi connectivity index (χ2n) is 3.43. The third kappa shape index (κ3) is 4.03. The van der Waals surface area contributed by atoms with Crippen molar-refractivity contribution in [3.05, 3.63) is 6.07 Å². The van der Waals surface area contributed by atoms with Gasteiger partial charge < -0.3 is 14.4 Å². The molecule has 0 saturated heterocycles. The van der Waals surface area contributed by atoms with E-state index in [0.717, 1.165) is 24.8 Å². The lowest BCUT2D eigenvalue weighted by Gasteiger charge is -2.21. The van der Waals surface area contributed by atoms with Crippen LogP contribution in [0.4, 0.5) is 5.95 Å². The van der Waals surface area contributed by atoms with Crippen molar-refractivity contribution in [3.63, 3.8) is 0 Å². The number of nitrogens with zero attached hydrogens (tertiary/aromatic N) is 3. The molecule has 0 aliphatic rings. The van der Waals surface area contributed by atoms with E-state index in [2.05, 4.69) is 37.7 Å². The first-order chi connectivity index (χ1) is 8.24. The van der Waals surface area contributed by atoms with Crippen molar-refractivity contribution in [1.29, 1.82) is 0 Å². The smallest absolute Gasteiger partial charge is 0.231 e. The van der Waals surface area contributed by atoms with E-state index < -0.39 is 0 Å². The van der Waals surface area contributed by atoms with Gasteiger partial charge in [-0.15, -0.1) is 0 Å². The molecule has 1 rings (SSSR count). The van der Waals surface area contributed by atoms with Crippen LogP contribution in [0.1, 0.15) is 13.3 Å². The maximum Gasteiger partial charge on any atom is 0.231 e. The van der Waals surface area contributed by atoms with E-state index in [1.807, 2.05) is 0 Å². The van der Waals surface area contributed by atoms with Crippen LogP contribution < -0.4 is 14.4 Å². The van der Waals surface area contributed by atoms with Gasteiger partial charge in [-0.1, -0.05) is 22.9 Å². The van der Waals surface area contributed by atoms with E-state index in [-0.39, 0.29) is 0 Å². The molecule has 96 valence electrons. The first-order valence-electron chi connectivity index (χ1n) is 5.53. The van der Waals surface area contributed by atoms with E-state index in [1.165, 1.54) is 0 Å². The Balaban J connectivity index is 2.99. The number of methoxy groups -OCH3 is 2. The number of ether oxygens (including phenoxy) is 2. The van der Waals surface area contributed by atoms with Gasteiger partial charge in [-0.25, -0.2) is 0 Å². The zero-order valence-electron chi connectivity index (χ0n) is 10.4. The Bertz CT molecular complexity index is 321. The van der Waals surface area contributed by atoms with Gasteiger partial charge in [-0.3, -0.25) is 0 Å². The second kappa shape index (κ2) is 7.32. The van der Waals surface area contributed by atoms with Crippen LogP contribution in [0, 0.1) is 0 Å². The molecule has 0 atom stereocenters. The number of hydrogen-bond donors (Lipinski definition) is 0. The van der Waals surface area contributed by atoms with Gasteiger partial charge in [0.1, 0.15) is 0 Å². The number of hydrogen-bond acceptors (Lipinski definition) is 5. The van der Waals surface area contributed by atoms with Crippen molar-refractivity contribution < 1.29 is 9.47 Å². The standard InChI is InChI=1S/C11H18BrN3O2/c1-4-6-15(7-5-12)11-13-9(16-2)8-10(14-11)17-3/h8H,4-7H2,1-3H3. The molecule has 0 bridgehead atoms. The highest BCUT2D eigenvalue weighted by Gasteiger charge is 2.11. The molecule has 1 heterocycles. The van der Waals surface area contributed by atoms with E-state index in [9.17, 15) is 0 Å². The molecule has 0 amide bonds. The molecule has 1 aromatic rings. The van der Waals surface area contributed by atoms with Crippen molar-refractivity contribution >= 4 is 21.9 Å². The minimum Gasteiger partial charge on any atom is -0.481 e. The van der Waals surface area contributed by atoms with E-state index in [0.29, 0.717) is 17.7 Å².